The van der Waals surface area contributed by atoms with Gasteiger partial charge in [-0.15, -0.1) is 0 Å². The van der Waals surface area contributed by atoms with E-state index < -0.39 is 0 Å². The van der Waals surface area contributed by atoms with Crippen molar-refractivity contribution < 1.29 is 4.42 Å². The molecule has 1 aromatic heterocycles. The summed E-state index contributed by atoms with van der Waals surface area (Å²) in [5.41, 5.74) is 5.13. The molecular weight excluding hydrogens is 354 g/mol. The normalized spacial score (nSPS) is 11.4. The summed E-state index contributed by atoms with van der Waals surface area (Å²) in [7, 11) is 0. The Balaban J connectivity index is 1.54. The van der Waals surface area contributed by atoms with Crippen LogP contribution >= 0.6 is 0 Å². The van der Waals surface area contributed by atoms with Gasteiger partial charge < -0.3 is 4.42 Å². The molecule has 2 heteroatoms. The topological polar surface area (TPSA) is 26.0 Å². The van der Waals surface area contributed by atoms with E-state index in [-0.39, 0.29) is 0 Å². The Morgan fingerprint density at radius 2 is 1.14 bits per heavy atom. The van der Waals surface area contributed by atoms with Crippen LogP contribution in [0.2, 0.25) is 0 Å². The van der Waals surface area contributed by atoms with Gasteiger partial charge in [0.2, 0.25) is 5.89 Å². The summed E-state index contributed by atoms with van der Waals surface area (Å²) in [4.78, 5) is 4.62. The van der Waals surface area contributed by atoms with Crippen LogP contribution in [0, 0.1) is 0 Å². The van der Waals surface area contributed by atoms with Crippen LogP contribution < -0.4 is 0 Å². The Bertz CT molecular complexity index is 1410. The number of rotatable bonds is 2. The van der Waals surface area contributed by atoms with Crippen LogP contribution in [0.4, 0.5) is 0 Å². The number of aromatic nitrogens is 1. The Morgan fingerprint density at radius 1 is 0.552 bits per heavy atom. The smallest absolute Gasteiger partial charge is 0.227 e. The van der Waals surface area contributed by atoms with Gasteiger partial charge in [0.25, 0.3) is 0 Å². The van der Waals surface area contributed by atoms with E-state index in [1.165, 1.54) is 32.7 Å². The van der Waals surface area contributed by atoms with Crippen LogP contribution in [0.15, 0.2) is 108 Å². The van der Waals surface area contributed by atoms with Crippen LogP contribution in [-0.2, 0) is 0 Å². The molecule has 0 atom stereocenters. The average molecular weight is 371 g/mol. The predicted molar refractivity (Wildman–Crippen MR) is 120 cm³/mol. The first-order chi connectivity index (χ1) is 14.4. The van der Waals surface area contributed by atoms with Gasteiger partial charge in [-0.1, -0.05) is 72.8 Å². The zero-order valence-electron chi connectivity index (χ0n) is 15.7. The molecule has 0 N–H and O–H groups in total. The summed E-state index contributed by atoms with van der Waals surface area (Å²) in [6.45, 7) is 0. The van der Waals surface area contributed by atoms with Gasteiger partial charge in [-0.05, 0) is 63.0 Å². The fourth-order valence-electron chi connectivity index (χ4n) is 4.10. The molecule has 0 spiro atoms. The van der Waals surface area contributed by atoms with E-state index in [4.69, 9.17) is 4.42 Å². The van der Waals surface area contributed by atoms with Crippen molar-refractivity contribution in [2.45, 2.75) is 0 Å². The van der Waals surface area contributed by atoms with Crippen LogP contribution in [0.25, 0.3) is 55.2 Å². The first kappa shape index (κ1) is 16.1. The number of hydrogen-bond donors (Lipinski definition) is 0. The third kappa shape index (κ3) is 2.61. The van der Waals surface area contributed by atoms with E-state index in [9.17, 15) is 0 Å². The zero-order valence-corrected chi connectivity index (χ0v) is 15.7. The Kier molecular flexibility index (Phi) is 3.50. The molecule has 0 unspecified atom stereocenters. The predicted octanol–water partition coefficient (Wildman–Crippen LogP) is 7.47. The second-order valence-corrected chi connectivity index (χ2v) is 7.26. The highest BCUT2D eigenvalue weighted by Crippen LogP contribution is 2.37. The quantitative estimate of drug-likeness (QED) is 0.295. The summed E-state index contributed by atoms with van der Waals surface area (Å²) in [5.74, 6) is 0.653. The van der Waals surface area contributed by atoms with Gasteiger partial charge in [-0.3, -0.25) is 0 Å². The number of fused-ring (bicyclic) bond motifs is 3. The summed E-state index contributed by atoms with van der Waals surface area (Å²) in [6.07, 6.45) is 0. The highest BCUT2D eigenvalue weighted by atomic mass is 16.3. The Labute approximate surface area is 168 Å². The van der Waals surface area contributed by atoms with E-state index in [0.717, 1.165) is 16.7 Å². The fraction of sp³-hybridized carbons (Fsp3) is 0. The van der Waals surface area contributed by atoms with Crippen LogP contribution in [-0.4, -0.2) is 4.98 Å². The third-order valence-corrected chi connectivity index (χ3v) is 5.49. The lowest BCUT2D eigenvalue weighted by Crippen LogP contribution is -1.86. The van der Waals surface area contributed by atoms with E-state index in [1.807, 2.05) is 24.3 Å². The molecule has 0 aliphatic heterocycles. The van der Waals surface area contributed by atoms with Gasteiger partial charge in [-0.25, -0.2) is 4.98 Å². The van der Waals surface area contributed by atoms with Crippen molar-refractivity contribution in [2.75, 3.05) is 0 Å². The standard InChI is InChI=1S/C27H17NO/c1-3-9-22-20(7-1)17-21-8-2-4-10-23(21)26(22)18-13-15-19(16-14-18)27-28-24-11-5-6-12-25(24)29-27/h1-17H. The molecule has 136 valence electrons. The molecule has 29 heavy (non-hydrogen) atoms. The molecule has 0 saturated carbocycles. The maximum atomic E-state index is 5.93. The second-order valence-electron chi connectivity index (χ2n) is 7.26. The molecule has 0 amide bonds. The summed E-state index contributed by atoms with van der Waals surface area (Å²) in [5, 5.41) is 5.04. The summed E-state index contributed by atoms with van der Waals surface area (Å²) < 4.78 is 5.93. The third-order valence-electron chi connectivity index (χ3n) is 5.49. The summed E-state index contributed by atoms with van der Waals surface area (Å²) in [6, 6.07) is 35.8. The molecule has 0 bridgehead atoms. The molecule has 0 fully saturated rings. The first-order valence-electron chi connectivity index (χ1n) is 9.74. The number of nitrogens with zero attached hydrogens (tertiary/aromatic N) is 1. The van der Waals surface area contributed by atoms with Gasteiger partial charge in [0.1, 0.15) is 5.52 Å². The molecule has 0 aliphatic carbocycles. The lowest BCUT2D eigenvalue weighted by Gasteiger charge is -2.12. The van der Waals surface area contributed by atoms with Gasteiger partial charge in [-0.2, -0.15) is 0 Å². The monoisotopic (exact) mass is 371 g/mol. The van der Waals surface area contributed by atoms with Crippen molar-refractivity contribution in [1.82, 2.24) is 4.98 Å². The molecule has 0 radical (unpaired) electrons. The van der Waals surface area contributed by atoms with Crippen molar-refractivity contribution in [1.29, 1.82) is 0 Å². The molecule has 0 saturated heterocycles. The first-order valence-corrected chi connectivity index (χ1v) is 9.74. The minimum Gasteiger partial charge on any atom is -0.436 e. The highest BCUT2D eigenvalue weighted by Gasteiger charge is 2.12. The minimum atomic E-state index is 0.653. The summed E-state index contributed by atoms with van der Waals surface area (Å²) >= 11 is 0. The van der Waals surface area contributed by atoms with E-state index >= 15 is 0 Å². The molecular formula is C27H17NO. The van der Waals surface area contributed by atoms with Gasteiger partial charge in [0, 0.05) is 5.56 Å². The van der Waals surface area contributed by atoms with Crippen molar-refractivity contribution in [3.63, 3.8) is 0 Å². The SMILES string of the molecule is c1ccc2c(-c3ccc(-c4nc5ccccc5o4)cc3)c3ccccc3cc2c1. The number of para-hydroxylation sites is 2. The molecule has 6 rings (SSSR count). The molecule has 0 aliphatic rings. The minimum absolute atomic E-state index is 0.653. The van der Waals surface area contributed by atoms with E-state index in [2.05, 4.69) is 83.8 Å². The highest BCUT2D eigenvalue weighted by molar-refractivity contribution is 6.12. The maximum absolute atomic E-state index is 5.93. The lowest BCUT2D eigenvalue weighted by atomic mass is 9.92. The van der Waals surface area contributed by atoms with Gasteiger partial charge in [0.05, 0.1) is 0 Å². The van der Waals surface area contributed by atoms with Crippen LogP contribution in [0.3, 0.4) is 0 Å². The van der Waals surface area contributed by atoms with Crippen molar-refractivity contribution in [2.24, 2.45) is 0 Å². The van der Waals surface area contributed by atoms with Crippen LogP contribution in [0.5, 0.6) is 0 Å². The molecule has 2 nitrogen and oxygen atoms in total. The van der Waals surface area contributed by atoms with Crippen molar-refractivity contribution in [3.8, 4) is 22.6 Å². The largest absolute Gasteiger partial charge is 0.436 e. The molecule has 6 aromatic rings. The van der Waals surface area contributed by atoms with E-state index in [0.29, 0.717) is 5.89 Å². The lowest BCUT2D eigenvalue weighted by molar-refractivity contribution is 0.620. The second kappa shape index (κ2) is 6.32. The number of benzene rings is 5. The number of hydrogen-bond acceptors (Lipinski definition) is 2. The Morgan fingerprint density at radius 3 is 1.83 bits per heavy atom. The molecule has 5 aromatic carbocycles. The van der Waals surface area contributed by atoms with Crippen molar-refractivity contribution in [3.05, 3.63) is 103 Å². The molecule has 1 heterocycles. The van der Waals surface area contributed by atoms with Gasteiger partial charge >= 0.3 is 0 Å². The van der Waals surface area contributed by atoms with Crippen molar-refractivity contribution >= 4 is 32.6 Å². The average Bonchev–Trinajstić information content (AvgIpc) is 3.22. The van der Waals surface area contributed by atoms with Crippen LogP contribution in [0.1, 0.15) is 0 Å². The van der Waals surface area contributed by atoms with E-state index in [1.54, 1.807) is 0 Å². The number of oxazole rings is 1. The van der Waals surface area contributed by atoms with Gasteiger partial charge in [0.15, 0.2) is 5.58 Å². The fourth-order valence-corrected chi connectivity index (χ4v) is 4.10. The Hall–Kier alpha value is -3.91. The maximum Gasteiger partial charge on any atom is 0.227 e. The zero-order chi connectivity index (χ0) is 19.2.